The fraction of sp³-hybridized carbons (Fsp3) is 0.878. The number of carbonyl (C=O) groups is 7. The Morgan fingerprint density at radius 3 is 1.17 bits per heavy atom. The van der Waals surface area contributed by atoms with Crippen LogP contribution in [0, 0.1) is 0 Å². The Balaban J connectivity index is -0.00000470. The second kappa shape index (κ2) is 75.3. The molecule has 0 aliphatic rings. The minimum Gasteiger partial charge on any atom is -1.00 e. The standard InChI is InChI=1S/C73H138N4O19P2.CH4.2Na.2H/c1-6-11-16-21-24-27-30-35-39-44-66(79)56-71(83)76-63(59-90-52-48-65(78)43-38-33-19-14-9-4)61-94-97(86,87)92-54-50-74-69(81)58-70(82)75-51-55-93-98(88,89)95-62-64(77-72(84)57-67(80)45-40-36-31-28-25-22-17-12-7-2)60-91-53-49-68(46-41-34-20-15-10-5)96-73(85)47-42-37-32-29-26-23-18-13-8-3;;;;;/h29,32,63-65,68,78H,6-28,30-31,33-62H2,1-5H3,(H,74,81)(H,75,82)(H,76,83)(H,77,84)(H,86,87)(H,88,89);1H4;;;;/q;;2*+1;2*-1/b32-29-;;;;;/t63?,64?,65-,68-;;;;;/m1...../s1. The average molecular weight is 1500 g/mol. The Labute approximate surface area is 658 Å². The molecule has 4 unspecified atom stereocenters. The molecule has 0 aliphatic heterocycles. The number of ketones is 2. The van der Waals surface area contributed by atoms with Crippen molar-refractivity contribution in [2.75, 3.05) is 65.9 Å². The number of Topliss-reactive ketones (excluding diaryl/α,β-unsaturated/α-hetero) is 2. The van der Waals surface area contributed by atoms with Crippen LogP contribution < -0.4 is 80.4 Å². The molecular weight excluding hydrogens is 1360 g/mol. The molecule has 0 rings (SSSR count). The van der Waals surface area contributed by atoms with Gasteiger partial charge in [0, 0.05) is 45.4 Å². The van der Waals surface area contributed by atoms with E-state index in [1.165, 1.54) is 77.0 Å². The smallest absolute Gasteiger partial charge is 1.00 e. The summed E-state index contributed by atoms with van der Waals surface area (Å²) < 4.78 is 64.1. The van der Waals surface area contributed by atoms with Crippen molar-refractivity contribution in [2.24, 2.45) is 0 Å². The van der Waals surface area contributed by atoms with E-state index in [1.54, 1.807) is 0 Å². The van der Waals surface area contributed by atoms with E-state index in [0.717, 1.165) is 128 Å². The molecule has 23 nitrogen and oxygen atoms in total. The third-order valence-electron chi connectivity index (χ3n) is 16.6. The molecule has 0 aromatic rings. The second-order valence-electron chi connectivity index (χ2n) is 26.3. The van der Waals surface area contributed by atoms with Crippen LogP contribution in [0.3, 0.4) is 0 Å². The van der Waals surface area contributed by atoms with Crippen molar-refractivity contribution in [3.8, 4) is 0 Å². The van der Waals surface area contributed by atoms with E-state index in [-0.39, 0.29) is 146 Å². The first-order valence-corrected chi connectivity index (χ1v) is 41.3. The number of hydrogen-bond donors (Lipinski definition) is 7. The van der Waals surface area contributed by atoms with Gasteiger partial charge in [0.15, 0.2) is 0 Å². The molecule has 0 fully saturated rings. The molecule has 586 valence electrons. The van der Waals surface area contributed by atoms with Gasteiger partial charge >= 0.3 is 80.7 Å². The van der Waals surface area contributed by atoms with Gasteiger partial charge in [-0.15, -0.1) is 0 Å². The topological polar surface area (TPSA) is 327 Å². The van der Waals surface area contributed by atoms with Gasteiger partial charge in [-0.3, -0.25) is 51.7 Å². The van der Waals surface area contributed by atoms with Crippen LogP contribution in [0.2, 0.25) is 0 Å². The number of aliphatic hydroxyl groups excluding tert-OH is 1. The van der Waals surface area contributed by atoms with E-state index in [4.69, 9.17) is 32.3 Å². The van der Waals surface area contributed by atoms with Gasteiger partial charge < -0.3 is 53.2 Å². The number of amides is 4. The van der Waals surface area contributed by atoms with Gasteiger partial charge in [-0.1, -0.05) is 234 Å². The van der Waals surface area contributed by atoms with Gasteiger partial charge in [0.05, 0.1) is 77.3 Å². The second-order valence-corrected chi connectivity index (χ2v) is 29.2. The Morgan fingerprint density at radius 2 is 0.752 bits per heavy atom. The number of esters is 1. The minimum atomic E-state index is -4.81. The minimum absolute atomic E-state index is 0. The molecule has 0 heterocycles. The number of aliphatic hydroxyl groups is 1. The SMILES string of the molecule is C.CCCCCC/C=C\CCCC(=O)O[C@H](CCCCCCC)CCOCC(COP(=O)(O)OCCNC(=O)CC(=O)NCCOP(=O)(O)OCC(COCC[C@H](O)CCCCCCC)NC(=O)CC(=O)CCCCCCCCCCC)NC(=O)CC(=O)CCCCCCCCCCC.[H-].[H-].[Na+].[Na+]. The number of phosphoric ester groups is 2. The normalized spacial score (nSPS) is 13.7. The predicted molar refractivity (Wildman–Crippen MR) is 395 cm³/mol. The molecule has 0 aromatic carbocycles. The van der Waals surface area contributed by atoms with Gasteiger partial charge in [0.1, 0.15) is 24.1 Å². The molecule has 4 amide bonds. The van der Waals surface area contributed by atoms with Crippen LogP contribution in [0.15, 0.2) is 12.2 Å². The quantitative estimate of drug-likeness (QED) is 0.00743. The molecule has 6 atom stereocenters. The summed E-state index contributed by atoms with van der Waals surface area (Å²) in [7, 11) is -9.58. The van der Waals surface area contributed by atoms with Crippen molar-refractivity contribution in [1.29, 1.82) is 0 Å². The first-order chi connectivity index (χ1) is 47.3. The summed E-state index contributed by atoms with van der Waals surface area (Å²) >= 11 is 0. The van der Waals surface area contributed by atoms with Gasteiger partial charge in [0.2, 0.25) is 23.6 Å². The van der Waals surface area contributed by atoms with Gasteiger partial charge in [-0.2, -0.15) is 0 Å². The van der Waals surface area contributed by atoms with Gasteiger partial charge in [-0.25, -0.2) is 9.13 Å². The first-order valence-electron chi connectivity index (χ1n) is 38.3. The molecule has 0 bridgehead atoms. The fourth-order valence-electron chi connectivity index (χ4n) is 10.8. The summed E-state index contributed by atoms with van der Waals surface area (Å²) in [6.07, 6.45) is 41.9. The van der Waals surface area contributed by atoms with E-state index < -0.39 is 103 Å². The van der Waals surface area contributed by atoms with Crippen molar-refractivity contribution < 1.29 is 152 Å². The zero-order chi connectivity index (χ0) is 72.4. The number of phosphoric acid groups is 2. The maximum absolute atomic E-state index is 13.2. The summed E-state index contributed by atoms with van der Waals surface area (Å²) in [5.41, 5.74) is 0. The Kier molecular flexibility index (Phi) is 79.0. The van der Waals surface area contributed by atoms with Crippen LogP contribution in [0.1, 0.15) is 334 Å². The van der Waals surface area contributed by atoms with E-state index in [2.05, 4.69) is 68.0 Å². The molecule has 0 saturated heterocycles. The summed E-state index contributed by atoms with van der Waals surface area (Å²) in [5, 5.41) is 20.6. The van der Waals surface area contributed by atoms with Gasteiger partial charge in [0.25, 0.3) is 0 Å². The van der Waals surface area contributed by atoms with E-state index in [9.17, 15) is 57.6 Å². The van der Waals surface area contributed by atoms with Crippen LogP contribution in [-0.2, 0) is 75.0 Å². The number of ether oxygens (including phenoxy) is 3. The zero-order valence-electron chi connectivity index (χ0n) is 65.6. The molecule has 0 saturated carbocycles. The molecule has 0 aliphatic carbocycles. The molecule has 7 N–H and O–H groups in total. The molecule has 101 heavy (non-hydrogen) atoms. The zero-order valence-corrected chi connectivity index (χ0v) is 69.4. The van der Waals surface area contributed by atoms with Crippen LogP contribution in [0.25, 0.3) is 0 Å². The largest absolute Gasteiger partial charge is 1.00 e. The predicted octanol–water partition coefficient (Wildman–Crippen LogP) is 9.98. The van der Waals surface area contributed by atoms with Crippen molar-refractivity contribution >= 4 is 56.8 Å². The summed E-state index contributed by atoms with van der Waals surface area (Å²) in [6.45, 7) is 8.05. The van der Waals surface area contributed by atoms with E-state index in [1.807, 2.05) is 0 Å². The van der Waals surface area contributed by atoms with Crippen molar-refractivity contribution in [3.05, 3.63) is 12.2 Å². The summed E-state index contributed by atoms with van der Waals surface area (Å²) in [5.74, 6) is -3.51. The maximum Gasteiger partial charge on any atom is 1.00 e. The first kappa shape index (κ1) is 106. The average Bonchev–Trinajstić information content (AvgIpc) is 0.929. The number of allylic oxidation sites excluding steroid dienone is 2. The van der Waals surface area contributed by atoms with E-state index in [0.29, 0.717) is 51.4 Å². The van der Waals surface area contributed by atoms with Crippen LogP contribution >= 0.6 is 15.6 Å². The summed E-state index contributed by atoms with van der Waals surface area (Å²) in [6, 6.07) is -1.95. The molecule has 0 radical (unpaired) electrons. The van der Waals surface area contributed by atoms with Crippen LogP contribution in [0.5, 0.6) is 0 Å². The number of nitrogens with one attached hydrogen (secondary N) is 4. The summed E-state index contributed by atoms with van der Waals surface area (Å²) in [4.78, 5) is 111. The molecular formula is C74H144N4Na2O19P2. The van der Waals surface area contributed by atoms with Crippen LogP contribution in [-0.4, -0.2) is 146 Å². The van der Waals surface area contributed by atoms with Crippen molar-refractivity contribution in [1.82, 2.24) is 21.3 Å². The maximum atomic E-state index is 13.2. The van der Waals surface area contributed by atoms with Crippen molar-refractivity contribution in [2.45, 2.75) is 355 Å². The monoisotopic (exact) mass is 1500 g/mol. The number of hydrogen-bond acceptors (Lipinski definition) is 17. The van der Waals surface area contributed by atoms with Gasteiger partial charge in [-0.05, 0) is 64.2 Å². The third-order valence-corrected chi connectivity index (χ3v) is 18.6. The number of carbonyl (C=O) groups excluding carboxylic acids is 7. The molecule has 0 spiro atoms. The Morgan fingerprint density at radius 1 is 0.396 bits per heavy atom. The fourth-order valence-corrected chi connectivity index (χ4v) is 12.4. The Hall–Kier alpha value is -1.47. The third kappa shape index (κ3) is 73.8. The number of rotatable bonds is 74. The molecule has 27 heteroatoms. The number of unbranched alkanes of at least 4 members (excludes halogenated alkanes) is 29. The Bertz CT molecular complexity index is 2170. The molecule has 0 aromatic heterocycles. The van der Waals surface area contributed by atoms with Crippen LogP contribution in [0.4, 0.5) is 0 Å². The van der Waals surface area contributed by atoms with Crippen molar-refractivity contribution in [3.63, 3.8) is 0 Å². The van der Waals surface area contributed by atoms with E-state index >= 15 is 0 Å².